The highest BCUT2D eigenvalue weighted by atomic mass is 32.2. The molecule has 1 heterocycles. The molecule has 180 valence electrons. The number of likely N-dealkylation sites (N-methyl/N-ethyl adjacent to an activating group) is 1. The van der Waals surface area contributed by atoms with E-state index in [9.17, 15) is 18.8 Å². The maximum Gasteiger partial charge on any atom is 0.320 e. The molecule has 1 aliphatic heterocycles. The number of hydrogen-bond acceptors (Lipinski definition) is 7. The molecule has 2 unspecified atom stereocenters. The second-order valence-corrected chi connectivity index (χ2v) is 10.1. The van der Waals surface area contributed by atoms with Gasteiger partial charge in [-0.05, 0) is 44.9 Å². The topological polar surface area (TPSA) is 66.9 Å². The molecule has 0 amide bonds. The second kappa shape index (κ2) is 11.9. The van der Waals surface area contributed by atoms with Crippen LogP contribution in [0.5, 0.6) is 0 Å². The van der Waals surface area contributed by atoms with Crippen molar-refractivity contribution in [2.45, 2.75) is 44.4 Å². The monoisotopic (exact) mass is 476 g/mol. The number of carbonyl (C=O) groups excluding carboxylic acids is 3. The standard InChI is InChI=1S/C25H33FN2O4S/c1-4-32-23(30)16-27(3)13-11-19-15-28(14-12-22(19)33-17(2)29)24(25(31)18-9-10-18)20-7-5-6-8-21(20)26/h5-8,11,18,22,24H,4,9-10,12-16H2,1-3H3/b19-11+. The van der Waals surface area contributed by atoms with E-state index in [-0.39, 0.29) is 40.4 Å². The van der Waals surface area contributed by atoms with E-state index in [1.165, 1.54) is 17.8 Å². The van der Waals surface area contributed by atoms with E-state index in [4.69, 9.17) is 4.74 Å². The highest BCUT2D eigenvalue weighted by molar-refractivity contribution is 8.14. The summed E-state index contributed by atoms with van der Waals surface area (Å²) in [6.45, 7) is 5.44. The lowest BCUT2D eigenvalue weighted by Gasteiger charge is -2.38. The third-order valence-corrected chi connectivity index (χ3v) is 7.12. The van der Waals surface area contributed by atoms with Crippen molar-refractivity contribution in [1.82, 2.24) is 9.80 Å². The highest BCUT2D eigenvalue weighted by Gasteiger charge is 2.41. The molecule has 1 aliphatic carbocycles. The van der Waals surface area contributed by atoms with Crippen LogP contribution >= 0.6 is 11.8 Å². The van der Waals surface area contributed by atoms with E-state index >= 15 is 0 Å². The Labute approximate surface area is 199 Å². The lowest BCUT2D eigenvalue weighted by atomic mass is 9.93. The van der Waals surface area contributed by atoms with Crippen molar-refractivity contribution in [3.63, 3.8) is 0 Å². The molecule has 33 heavy (non-hydrogen) atoms. The van der Waals surface area contributed by atoms with Gasteiger partial charge in [-0.3, -0.25) is 24.2 Å². The Balaban J connectivity index is 1.81. The molecule has 1 aromatic rings. The molecule has 0 N–H and O–H groups in total. The van der Waals surface area contributed by atoms with Gasteiger partial charge in [0.25, 0.3) is 0 Å². The molecule has 0 radical (unpaired) electrons. The fourth-order valence-electron chi connectivity index (χ4n) is 4.22. The maximum absolute atomic E-state index is 14.7. The molecule has 2 atom stereocenters. The molecule has 6 nitrogen and oxygen atoms in total. The van der Waals surface area contributed by atoms with Gasteiger partial charge in [0.2, 0.25) is 0 Å². The first-order valence-corrected chi connectivity index (χ1v) is 12.4. The lowest BCUT2D eigenvalue weighted by Crippen LogP contribution is -2.43. The minimum atomic E-state index is -0.623. The van der Waals surface area contributed by atoms with Crippen molar-refractivity contribution < 1.29 is 23.5 Å². The van der Waals surface area contributed by atoms with E-state index in [1.807, 2.05) is 22.9 Å². The third kappa shape index (κ3) is 7.22. The number of ketones is 1. The van der Waals surface area contributed by atoms with Gasteiger partial charge in [-0.15, -0.1) is 0 Å². The van der Waals surface area contributed by atoms with Crippen LogP contribution in [0.1, 0.15) is 44.7 Å². The van der Waals surface area contributed by atoms with Crippen LogP contribution in [0, 0.1) is 11.7 Å². The van der Waals surface area contributed by atoms with Gasteiger partial charge in [-0.2, -0.15) is 0 Å². The second-order valence-electron chi connectivity index (χ2n) is 8.74. The summed E-state index contributed by atoms with van der Waals surface area (Å²) in [6, 6.07) is 5.89. The van der Waals surface area contributed by atoms with Gasteiger partial charge in [-0.1, -0.05) is 36.0 Å². The Morgan fingerprint density at radius 1 is 1.27 bits per heavy atom. The van der Waals surface area contributed by atoms with Crippen molar-refractivity contribution in [2.24, 2.45) is 5.92 Å². The number of hydrogen-bond donors (Lipinski definition) is 0. The fourth-order valence-corrected chi connectivity index (χ4v) is 5.16. The Morgan fingerprint density at radius 3 is 2.64 bits per heavy atom. The number of likely N-dealkylation sites (tertiary alicyclic amines) is 1. The Bertz CT molecular complexity index is 902. The lowest BCUT2D eigenvalue weighted by molar-refractivity contribution is -0.144. The Hall–Kier alpha value is -2.03. The maximum atomic E-state index is 14.7. The zero-order chi connectivity index (χ0) is 24.0. The van der Waals surface area contributed by atoms with Crippen LogP contribution in [0.4, 0.5) is 4.39 Å². The minimum absolute atomic E-state index is 0.00191. The normalized spacial score (nSPS) is 21.2. The Kier molecular flexibility index (Phi) is 9.23. The number of Topliss-reactive ketones (excluding diaryl/α,β-unsaturated/α-hetero) is 1. The van der Waals surface area contributed by atoms with E-state index in [1.54, 1.807) is 32.0 Å². The summed E-state index contributed by atoms with van der Waals surface area (Å²) in [7, 11) is 1.83. The molecule has 1 saturated heterocycles. The number of rotatable bonds is 10. The van der Waals surface area contributed by atoms with E-state index in [0.29, 0.717) is 38.2 Å². The average molecular weight is 477 g/mol. The minimum Gasteiger partial charge on any atom is -0.465 e. The number of esters is 1. The quantitative estimate of drug-likeness (QED) is 0.377. The number of ether oxygens (including phenoxy) is 1. The number of carbonyl (C=O) groups is 3. The Morgan fingerprint density at radius 2 is 2.00 bits per heavy atom. The summed E-state index contributed by atoms with van der Waals surface area (Å²) < 4.78 is 19.7. The van der Waals surface area contributed by atoms with Crippen molar-refractivity contribution in [1.29, 1.82) is 0 Å². The first-order valence-electron chi connectivity index (χ1n) is 11.5. The van der Waals surface area contributed by atoms with Gasteiger partial charge < -0.3 is 4.74 Å². The zero-order valence-electron chi connectivity index (χ0n) is 19.6. The summed E-state index contributed by atoms with van der Waals surface area (Å²) in [5.74, 6) is -0.567. The van der Waals surface area contributed by atoms with Crippen molar-refractivity contribution in [2.75, 3.05) is 39.8 Å². The largest absolute Gasteiger partial charge is 0.465 e. The SMILES string of the molecule is CCOC(=O)CN(C)C/C=C1\CN(C(C(=O)C2CC2)c2ccccc2F)CCC1SC(C)=O. The molecular weight excluding hydrogens is 443 g/mol. The van der Waals surface area contributed by atoms with Crippen molar-refractivity contribution >= 4 is 28.6 Å². The molecule has 0 aromatic heterocycles. The van der Waals surface area contributed by atoms with Crippen molar-refractivity contribution in [3.05, 3.63) is 47.3 Å². The van der Waals surface area contributed by atoms with Gasteiger partial charge in [-0.25, -0.2) is 4.39 Å². The summed E-state index contributed by atoms with van der Waals surface area (Å²) in [6.07, 6.45) is 4.45. The molecule has 1 aromatic carbocycles. The van der Waals surface area contributed by atoms with Crippen LogP contribution in [-0.4, -0.2) is 71.8 Å². The van der Waals surface area contributed by atoms with E-state index < -0.39 is 6.04 Å². The summed E-state index contributed by atoms with van der Waals surface area (Å²) >= 11 is 1.29. The predicted molar refractivity (Wildman–Crippen MR) is 127 cm³/mol. The molecular formula is C25H33FN2O4S. The van der Waals surface area contributed by atoms with Crippen LogP contribution < -0.4 is 0 Å². The van der Waals surface area contributed by atoms with Crippen molar-refractivity contribution in [3.8, 4) is 0 Å². The van der Waals surface area contributed by atoms with Gasteiger partial charge in [0.1, 0.15) is 5.82 Å². The summed E-state index contributed by atoms with van der Waals surface area (Å²) in [5, 5.41) is 0.0472. The van der Waals surface area contributed by atoms with E-state index in [0.717, 1.165) is 18.4 Å². The summed E-state index contributed by atoms with van der Waals surface area (Å²) in [4.78, 5) is 40.7. The van der Waals surface area contributed by atoms with Crippen LogP contribution in [0.15, 0.2) is 35.9 Å². The number of benzene rings is 1. The van der Waals surface area contributed by atoms with Crippen LogP contribution in [0.2, 0.25) is 0 Å². The van der Waals surface area contributed by atoms with E-state index in [2.05, 4.69) is 0 Å². The van der Waals surface area contributed by atoms with Gasteiger partial charge in [0.15, 0.2) is 10.9 Å². The third-order valence-electron chi connectivity index (χ3n) is 5.97. The van der Waals surface area contributed by atoms with Gasteiger partial charge in [0.05, 0.1) is 19.2 Å². The molecule has 2 fully saturated rings. The molecule has 0 spiro atoms. The summed E-state index contributed by atoms with van der Waals surface area (Å²) in [5.41, 5.74) is 1.45. The van der Waals surface area contributed by atoms with Gasteiger partial charge >= 0.3 is 5.97 Å². The van der Waals surface area contributed by atoms with Crippen LogP contribution in [0.25, 0.3) is 0 Å². The van der Waals surface area contributed by atoms with Crippen LogP contribution in [0.3, 0.4) is 0 Å². The number of nitrogens with zero attached hydrogens (tertiary/aromatic N) is 2. The number of piperidine rings is 1. The highest BCUT2D eigenvalue weighted by Crippen LogP contribution is 2.40. The molecule has 2 aliphatic rings. The first kappa shape index (κ1) is 25.6. The smallest absolute Gasteiger partial charge is 0.320 e. The number of halogens is 1. The average Bonchev–Trinajstić information content (AvgIpc) is 3.60. The fraction of sp³-hybridized carbons (Fsp3) is 0.560. The zero-order valence-corrected chi connectivity index (χ0v) is 20.4. The molecule has 8 heteroatoms. The molecule has 1 saturated carbocycles. The molecule has 3 rings (SSSR count). The van der Waals surface area contributed by atoms with Crippen LogP contribution in [-0.2, 0) is 19.1 Å². The number of thioether (sulfide) groups is 1. The molecule has 0 bridgehead atoms. The first-order chi connectivity index (χ1) is 15.8. The van der Waals surface area contributed by atoms with Gasteiger partial charge in [0, 0.05) is 43.3 Å². The predicted octanol–water partition coefficient (Wildman–Crippen LogP) is 3.62.